The molecule has 1 aliphatic heterocycles. The zero-order valence-electron chi connectivity index (χ0n) is 5.90. The van der Waals surface area contributed by atoms with Crippen molar-refractivity contribution in [2.24, 2.45) is 28.7 Å². The number of hydrogen-bond donors (Lipinski definition) is 0. The Morgan fingerprint density at radius 1 is 1.20 bits per heavy atom. The Hall–Kier alpha value is -0.590. The molecule has 4 atom stereocenters. The molecule has 0 amide bonds. The second kappa shape index (κ2) is 1.52. The van der Waals surface area contributed by atoms with Crippen LogP contribution >= 0.6 is 0 Å². The molecule has 0 spiro atoms. The highest BCUT2D eigenvalue weighted by atomic mass is 14.8. The molecule has 1 heterocycles. The van der Waals surface area contributed by atoms with E-state index in [1.54, 1.807) is 0 Å². The summed E-state index contributed by atoms with van der Waals surface area (Å²) in [4.78, 5) is 4.34. The number of nitrogens with zero attached hydrogens (tertiary/aromatic N) is 1. The van der Waals surface area contributed by atoms with Crippen LogP contribution in [-0.4, -0.2) is 12.8 Å². The van der Waals surface area contributed by atoms with Crippen LogP contribution in [0.5, 0.6) is 0 Å². The lowest BCUT2D eigenvalue weighted by Gasteiger charge is -2.17. The van der Waals surface area contributed by atoms with Crippen molar-refractivity contribution in [3.8, 4) is 0 Å². The van der Waals surface area contributed by atoms with Gasteiger partial charge in [0.25, 0.3) is 0 Å². The molecular weight excluding hydrogens is 122 g/mol. The summed E-state index contributed by atoms with van der Waals surface area (Å²) in [5.74, 6) is 3.48. The summed E-state index contributed by atoms with van der Waals surface area (Å²) in [5.41, 5.74) is 0. The van der Waals surface area contributed by atoms with Crippen LogP contribution in [0.15, 0.2) is 17.1 Å². The van der Waals surface area contributed by atoms with E-state index in [2.05, 4.69) is 23.4 Å². The first-order valence-electron chi connectivity index (χ1n) is 4.13. The van der Waals surface area contributed by atoms with Crippen molar-refractivity contribution in [3.63, 3.8) is 0 Å². The largest absolute Gasteiger partial charge is 0.297 e. The Morgan fingerprint density at radius 2 is 2.10 bits per heavy atom. The molecule has 52 valence electrons. The van der Waals surface area contributed by atoms with E-state index in [1.165, 1.54) is 6.42 Å². The normalized spacial score (nSPS) is 54.4. The molecule has 1 fully saturated rings. The van der Waals surface area contributed by atoms with Crippen molar-refractivity contribution in [1.29, 1.82) is 0 Å². The van der Waals surface area contributed by atoms with Gasteiger partial charge in [-0.05, 0) is 24.2 Å². The molecule has 0 unspecified atom stereocenters. The molecule has 1 heteroatoms. The summed E-state index contributed by atoms with van der Waals surface area (Å²) in [6.45, 7) is 1.11. The third kappa shape index (κ3) is 0.437. The molecule has 0 aromatic carbocycles. The van der Waals surface area contributed by atoms with Gasteiger partial charge in [-0.2, -0.15) is 0 Å². The van der Waals surface area contributed by atoms with Crippen LogP contribution in [0.2, 0.25) is 0 Å². The van der Waals surface area contributed by atoms with E-state index in [0.29, 0.717) is 0 Å². The maximum Gasteiger partial charge on any atom is 0.0425 e. The summed E-state index contributed by atoms with van der Waals surface area (Å²) in [6.07, 6.45) is 8.41. The van der Waals surface area contributed by atoms with Gasteiger partial charge in [0.15, 0.2) is 0 Å². The minimum absolute atomic E-state index is 0.829. The Kier molecular flexibility index (Phi) is 0.779. The fraction of sp³-hybridized carbons (Fsp3) is 0.667. The first kappa shape index (κ1) is 5.11. The molecule has 0 aromatic rings. The van der Waals surface area contributed by atoms with Gasteiger partial charge < -0.3 is 0 Å². The molecule has 3 rings (SSSR count). The minimum Gasteiger partial charge on any atom is -0.297 e. The monoisotopic (exact) mass is 133 g/mol. The van der Waals surface area contributed by atoms with Crippen LogP contribution in [0.1, 0.15) is 6.42 Å². The predicted molar refractivity (Wildman–Crippen MR) is 41.1 cm³/mol. The summed E-state index contributed by atoms with van der Waals surface area (Å²) in [5, 5.41) is 0. The highest BCUT2D eigenvalue weighted by Gasteiger charge is 2.45. The molecule has 0 N–H and O–H groups in total. The van der Waals surface area contributed by atoms with Gasteiger partial charge in [0.1, 0.15) is 0 Å². The van der Waals surface area contributed by atoms with Crippen molar-refractivity contribution in [2.45, 2.75) is 6.42 Å². The SMILES string of the molecule is C1=C[C@H]2C[C@@H]1[C@H]1CN=C[C@H]12. The van der Waals surface area contributed by atoms with E-state index in [9.17, 15) is 0 Å². The van der Waals surface area contributed by atoms with E-state index < -0.39 is 0 Å². The number of rotatable bonds is 0. The molecule has 0 aromatic heterocycles. The maximum absolute atomic E-state index is 4.34. The first-order chi connectivity index (χ1) is 4.95. The Balaban J connectivity index is 2.04. The van der Waals surface area contributed by atoms with Gasteiger partial charge in [0.05, 0.1) is 0 Å². The van der Waals surface area contributed by atoms with Crippen molar-refractivity contribution in [3.05, 3.63) is 12.2 Å². The smallest absolute Gasteiger partial charge is 0.0425 e. The van der Waals surface area contributed by atoms with Gasteiger partial charge in [0, 0.05) is 18.7 Å². The molecule has 1 nitrogen and oxygen atoms in total. The van der Waals surface area contributed by atoms with Crippen molar-refractivity contribution in [2.75, 3.05) is 6.54 Å². The number of hydrogen-bond acceptors (Lipinski definition) is 1. The number of aliphatic imine (C=N–C) groups is 1. The molecule has 1 saturated carbocycles. The van der Waals surface area contributed by atoms with Crippen LogP contribution in [0.3, 0.4) is 0 Å². The molecule has 0 radical (unpaired) electrons. The number of allylic oxidation sites excluding steroid dienone is 2. The maximum atomic E-state index is 4.34. The van der Waals surface area contributed by atoms with Crippen LogP contribution in [0.25, 0.3) is 0 Å². The molecule has 3 aliphatic rings. The molecule has 0 saturated heterocycles. The van der Waals surface area contributed by atoms with E-state index in [4.69, 9.17) is 0 Å². The van der Waals surface area contributed by atoms with E-state index >= 15 is 0 Å². The van der Waals surface area contributed by atoms with E-state index in [0.717, 1.165) is 30.2 Å². The lowest BCUT2D eigenvalue weighted by atomic mass is 9.86. The van der Waals surface area contributed by atoms with Crippen molar-refractivity contribution >= 4 is 6.21 Å². The number of fused-ring (bicyclic) bond motifs is 5. The van der Waals surface area contributed by atoms with E-state index in [-0.39, 0.29) is 0 Å². The molecule has 2 bridgehead atoms. The molecule has 2 aliphatic carbocycles. The lowest BCUT2D eigenvalue weighted by molar-refractivity contribution is 0.431. The lowest BCUT2D eigenvalue weighted by Crippen LogP contribution is -2.17. The van der Waals surface area contributed by atoms with Gasteiger partial charge in [0.2, 0.25) is 0 Å². The van der Waals surface area contributed by atoms with Gasteiger partial charge in [-0.1, -0.05) is 12.2 Å². The summed E-state index contributed by atoms with van der Waals surface area (Å²) in [7, 11) is 0. The fourth-order valence-corrected chi connectivity index (χ4v) is 2.75. The summed E-state index contributed by atoms with van der Waals surface area (Å²) < 4.78 is 0. The Bertz CT molecular complexity index is 217. The quantitative estimate of drug-likeness (QED) is 0.444. The summed E-state index contributed by atoms with van der Waals surface area (Å²) in [6, 6.07) is 0. The Labute approximate surface area is 60.8 Å². The van der Waals surface area contributed by atoms with Crippen LogP contribution in [0.4, 0.5) is 0 Å². The second-order valence-corrected chi connectivity index (χ2v) is 3.70. The third-order valence-electron chi connectivity index (χ3n) is 3.28. The van der Waals surface area contributed by atoms with Gasteiger partial charge >= 0.3 is 0 Å². The third-order valence-corrected chi connectivity index (χ3v) is 3.28. The Morgan fingerprint density at radius 3 is 3.00 bits per heavy atom. The minimum atomic E-state index is 0.829. The van der Waals surface area contributed by atoms with Gasteiger partial charge in [-0.3, -0.25) is 4.99 Å². The van der Waals surface area contributed by atoms with Crippen molar-refractivity contribution < 1.29 is 0 Å². The zero-order valence-corrected chi connectivity index (χ0v) is 5.90. The highest BCUT2D eigenvalue weighted by Crippen LogP contribution is 2.48. The molecular formula is C9H11N. The van der Waals surface area contributed by atoms with Crippen LogP contribution in [0, 0.1) is 23.7 Å². The standard InChI is InChI=1S/C9H11N/c1-2-7-3-6(1)8-4-10-5-9(7)8/h1-2,4,6-9H,3,5H2/t6-,7+,8-,9+/m0/s1. The van der Waals surface area contributed by atoms with Gasteiger partial charge in [-0.15, -0.1) is 0 Å². The summed E-state index contributed by atoms with van der Waals surface area (Å²) >= 11 is 0. The second-order valence-electron chi connectivity index (χ2n) is 3.70. The zero-order chi connectivity index (χ0) is 6.55. The van der Waals surface area contributed by atoms with Crippen LogP contribution < -0.4 is 0 Å². The van der Waals surface area contributed by atoms with E-state index in [1.807, 2.05) is 0 Å². The average molecular weight is 133 g/mol. The predicted octanol–water partition coefficient (Wildman–Crippen LogP) is 1.51. The molecule has 10 heavy (non-hydrogen) atoms. The topological polar surface area (TPSA) is 12.4 Å². The average Bonchev–Trinajstić information content (AvgIpc) is 2.60. The van der Waals surface area contributed by atoms with Gasteiger partial charge in [-0.25, -0.2) is 0 Å². The fourth-order valence-electron chi connectivity index (χ4n) is 2.75. The highest BCUT2D eigenvalue weighted by molar-refractivity contribution is 5.66. The van der Waals surface area contributed by atoms with Crippen LogP contribution in [-0.2, 0) is 0 Å². The first-order valence-corrected chi connectivity index (χ1v) is 4.13. The van der Waals surface area contributed by atoms with Crippen molar-refractivity contribution in [1.82, 2.24) is 0 Å².